The number of hydrogen-bond acceptors (Lipinski definition) is 5. The molecule has 0 spiro atoms. The van der Waals surface area contributed by atoms with Gasteiger partial charge in [-0.1, -0.05) is 0 Å². The van der Waals surface area contributed by atoms with E-state index < -0.39 is 5.97 Å². The van der Waals surface area contributed by atoms with Crippen LogP contribution in [0.1, 0.15) is 17.0 Å². The van der Waals surface area contributed by atoms with Crippen molar-refractivity contribution in [2.75, 3.05) is 31.7 Å². The quantitative estimate of drug-likeness (QED) is 0.571. The second-order valence-electron chi connectivity index (χ2n) is 3.09. The predicted molar refractivity (Wildman–Crippen MR) is 56.7 cm³/mol. The minimum absolute atomic E-state index is 0.0214. The number of carboxylic acid groups (broad SMARTS) is 1. The molecule has 0 bridgehead atoms. The number of furan rings is 1. The van der Waals surface area contributed by atoms with Gasteiger partial charge >= 0.3 is 5.97 Å². The van der Waals surface area contributed by atoms with Crippen LogP contribution >= 0.6 is 0 Å². The molecule has 1 aromatic rings. The number of carboxylic acids is 1. The van der Waals surface area contributed by atoms with Gasteiger partial charge in [0.1, 0.15) is 0 Å². The molecule has 0 saturated heterocycles. The second-order valence-corrected chi connectivity index (χ2v) is 3.09. The molecule has 0 amide bonds. The van der Waals surface area contributed by atoms with Gasteiger partial charge in [0.15, 0.2) is 5.88 Å². The van der Waals surface area contributed by atoms with E-state index in [1.165, 1.54) is 6.07 Å². The van der Waals surface area contributed by atoms with Gasteiger partial charge < -0.3 is 24.7 Å². The van der Waals surface area contributed by atoms with Crippen molar-refractivity contribution < 1.29 is 24.2 Å². The monoisotopic (exact) mass is 229 g/mol. The summed E-state index contributed by atoms with van der Waals surface area (Å²) >= 11 is 0. The Morgan fingerprint density at radius 2 is 2.25 bits per heavy atom. The van der Waals surface area contributed by atoms with E-state index in [9.17, 15) is 4.79 Å². The van der Waals surface area contributed by atoms with Gasteiger partial charge in [-0.05, 0) is 12.5 Å². The third-order valence-corrected chi connectivity index (χ3v) is 1.82. The van der Waals surface area contributed by atoms with E-state index in [1.54, 1.807) is 6.07 Å². The van der Waals surface area contributed by atoms with Crippen LogP contribution in [0.4, 0.5) is 5.88 Å². The van der Waals surface area contributed by atoms with Crippen LogP contribution in [0.3, 0.4) is 0 Å². The maximum absolute atomic E-state index is 10.5. The highest BCUT2D eigenvalue weighted by Crippen LogP contribution is 2.12. The normalized spacial score (nSPS) is 10.3. The van der Waals surface area contributed by atoms with Gasteiger partial charge in [0.25, 0.3) is 0 Å². The molecule has 0 fully saturated rings. The van der Waals surface area contributed by atoms with Crippen molar-refractivity contribution in [2.45, 2.75) is 6.42 Å². The Bertz CT molecular complexity index is 323. The van der Waals surface area contributed by atoms with Gasteiger partial charge in [-0.15, -0.1) is 0 Å². The Morgan fingerprint density at radius 3 is 2.88 bits per heavy atom. The maximum atomic E-state index is 10.5. The SMILES string of the molecule is O=C(O)c1ccc(NCCCOCCO)o1. The molecule has 6 nitrogen and oxygen atoms in total. The molecule has 1 rings (SSSR count). The zero-order valence-corrected chi connectivity index (χ0v) is 8.81. The Balaban J connectivity index is 2.14. The van der Waals surface area contributed by atoms with E-state index in [1.807, 2.05) is 0 Å². The number of aliphatic hydroxyl groups excluding tert-OH is 1. The van der Waals surface area contributed by atoms with E-state index in [4.69, 9.17) is 19.4 Å². The highest BCUT2D eigenvalue weighted by molar-refractivity contribution is 5.84. The van der Waals surface area contributed by atoms with Gasteiger partial charge in [-0.2, -0.15) is 0 Å². The van der Waals surface area contributed by atoms with Gasteiger partial charge in [0.05, 0.1) is 13.2 Å². The minimum Gasteiger partial charge on any atom is -0.475 e. The summed E-state index contributed by atoms with van der Waals surface area (Å²) in [7, 11) is 0. The summed E-state index contributed by atoms with van der Waals surface area (Å²) in [4.78, 5) is 10.5. The lowest BCUT2D eigenvalue weighted by Gasteiger charge is -2.03. The number of nitrogens with one attached hydrogen (secondary N) is 1. The van der Waals surface area contributed by atoms with Gasteiger partial charge in [-0.25, -0.2) is 4.79 Å². The van der Waals surface area contributed by atoms with E-state index >= 15 is 0 Å². The summed E-state index contributed by atoms with van der Waals surface area (Å²) in [5.41, 5.74) is 0. The molecule has 0 aliphatic heterocycles. The fraction of sp³-hybridized carbons (Fsp3) is 0.500. The first-order chi connectivity index (χ1) is 7.74. The van der Waals surface area contributed by atoms with Crippen molar-refractivity contribution in [1.29, 1.82) is 0 Å². The first kappa shape index (κ1) is 12.5. The van der Waals surface area contributed by atoms with E-state index in [0.717, 1.165) is 6.42 Å². The van der Waals surface area contributed by atoms with Crippen LogP contribution in [0.5, 0.6) is 0 Å². The van der Waals surface area contributed by atoms with Crippen molar-refractivity contribution in [3.63, 3.8) is 0 Å². The van der Waals surface area contributed by atoms with Crippen LogP contribution in [0, 0.1) is 0 Å². The Hall–Kier alpha value is -1.53. The van der Waals surface area contributed by atoms with Crippen molar-refractivity contribution in [3.05, 3.63) is 17.9 Å². The number of aromatic carboxylic acids is 1. The van der Waals surface area contributed by atoms with Crippen LogP contribution in [0.2, 0.25) is 0 Å². The average molecular weight is 229 g/mol. The van der Waals surface area contributed by atoms with Crippen LogP contribution in [-0.2, 0) is 4.74 Å². The topological polar surface area (TPSA) is 91.9 Å². The van der Waals surface area contributed by atoms with Crippen molar-refractivity contribution in [2.24, 2.45) is 0 Å². The molecule has 1 aromatic heterocycles. The lowest BCUT2D eigenvalue weighted by molar-refractivity contribution is 0.0663. The van der Waals surface area contributed by atoms with E-state index in [2.05, 4.69) is 5.32 Å². The fourth-order valence-corrected chi connectivity index (χ4v) is 1.10. The van der Waals surface area contributed by atoms with Crippen LogP contribution in [0.25, 0.3) is 0 Å². The third-order valence-electron chi connectivity index (χ3n) is 1.82. The molecule has 0 unspecified atom stereocenters. The smallest absolute Gasteiger partial charge is 0.371 e. The average Bonchev–Trinajstić information content (AvgIpc) is 2.72. The summed E-state index contributed by atoms with van der Waals surface area (Å²) in [5.74, 6) is -0.738. The Labute approximate surface area is 92.8 Å². The summed E-state index contributed by atoms with van der Waals surface area (Å²) < 4.78 is 10.0. The van der Waals surface area contributed by atoms with Crippen molar-refractivity contribution in [1.82, 2.24) is 0 Å². The molecule has 0 aliphatic carbocycles. The molecule has 16 heavy (non-hydrogen) atoms. The van der Waals surface area contributed by atoms with E-state index in [-0.39, 0.29) is 12.4 Å². The summed E-state index contributed by atoms with van der Waals surface area (Å²) in [6.07, 6.45) is 0.753. The Kier molecular flexibility index (Phi) is 5.38. The standard InChI is InChI=1S/C10H15NO5/c12-5-7-15-6-1-4-11-9-3-2-8(16-9)10(13)14/h2-3,11-12H,1,4-7H2,(H,13,14). The molecule has 0 atom stereocenters. The molecule has 3 N–H and O–H groups in total. The highest BCUT2D eigenvalue weighted by atomic mass is 16.5. The first-order valence-corrected chi connectivity index (χ1v) is 4.99. The molecule has 90 valence electrons. The van der Waals surface area contributed by atoms with Gasteiger partial charge in [0.2, 0.25) is 5.76 Å². The number of carbonyl (C=O) groups is 1. The maximum Gasteiger partial charge on any atom is 0.371 e. The first-order valence-electron chi connectivity index (χ1n) is 4.99. The van der Waals surface area contributed by atoms with Crippen LogP contribution in [-0.4, -0.2) is 42.5 Å². The van der Waals surface area contributed by atoms with Crippen molar-refractivity contribution in [3.8, 4) is 0 Å². The largest absolute Gasteiger partial charge is 0.475 e. The molecule has 1 heterocycles. The fourth-order valence-electron chi connectivity index (χ4n) is 1.10. The molecule has 6 heteroatoms. The lowest BCUT2D eigenvalue weighted by atomic mass is 10.4. The molecular weight excluding hydrogens is 214 g/mol. The summed E-state index contributed by atoms with van der Waals surface area (Å²) in [6, 6.07) is 2.96. The summed E-state index contributed by atoms with van der Waals surface area (Å²) in [6.45, 7) is 1.52. The number of hydrogen-bond donors (Lipinski definition) is 3. The zero-order chi connectivity index (χ0) is 11.8. The van der Waals surface area contributed by atoms with Gasteiger partial charge in [-0.3, -0.25) is 0 Å². The zero-order valence-electron chi connectivity index (χ0n) is 8.81. The third kappa shape index (κ3) is 4.33. The van der Waals surface area contributed by atoms with Crippen LogP contribution in [0.15, 0.2) is 16.5 Å². The second kappa shape index (κ2) is 6.86. The molecule has 0 aromatic carbocycles. The molecule has 0 saturated carbocycles. The number of rotatable bonds is 8. The summed E-state index contributed by atoms with van der Waals surface area (Å²) in [5, 5.41) is 20.0. The number of ether oxygens (including phenoxy) is 1. The minimum atomic E-state index is -1.08. The molecular formula is C10H15NO5. The highest BCUT2D eigenvalue weighted by Gasteiger charge is 2.07. The molecule has 0 radical (unpaired) electrons. The Morgan fingerprint density at radius 1 is 1.44 bits per heavy atom. The number of aliphatic hydroxyl groups is 1. The lowest BCUT2D eigenvalue weighted by Crippen LogP contribution is -2.07. The van der Waals surface area contributed by atoms with Crippen molar-refractivity contribution >= 4 is 11.9 Å². The van der Waals surface area contributed by atoms with Crippen LogP contribution < -0.4 is 5.32 Å². The predicted octanol–water partition coefficient (Wildman–Crippen LogP) is 0.789. The van der Waals surface area contributed by atoms with E-state index in [0.29, 0.717) is 25.6 Å². The molecule has 0 aliphatic rings. The number of anilines is 1. The van der Waals surface area contributed by atoms with Gasteiger partial charge in [0, 0.05) is 19.2 Å².